The van der Waals surface area contributed by atoms with Crippen LogP contribution in [0.4, 0.5) is 0 Å². The van der Waals surface area contributed by atoms with Crippen molar-refractivity contribution in [3.8, 4) is 0 Å². The van der Waals surface area contributed by atoms with Gasteiger partial charge in [-0.25, -0.2) is 4.98 Å². The van der Waals surface area contributed by atoms with Gasteiger partial charge in [0.2, 0.25) is 0 Å². The van der Waals surface area contributed by atoms with Crippen molar-refractivity contribution in [2.24, 2.45) is 0 Å². The zero-order chi connectivity index (χ0) is 14.7. The molecule has 1 aromatic heterocycles. The second kappa shape index (κ2) is 6.59. The largest absolute Gasteiger partial charge is 0.323 e. The monoisotopic (exact) mass is 293 g/mol. The van der Waals surface area contributed by atoms with Gasteiger partial charge in [0.15, 0.2) is 0 Å². The summed E-state index contributed by atoms with van der Waals surface area (Å²) < 4.78 is 2.29. The Kier molecular flexibility index (Phi) is 5.06. The average Bonchev–Trinajstić information content (AvgIpc) is 2.81. The summed E-state index contributed by atoms with van der Waals surface area (Å²) in [6.45, 7) is 11.9. The summed E-state index contributed by atoms with van der Waals surface area (Å²) in [4.78, 5) is 7.12. The fraction of sp³-hybridized carbons (Fsp3) is 0.562. The number of likely N-dealkylation sites (N-methyl/N-ethyl adjacent to an activating group) is 1. The van der Waals surface area contributed by atoms with E-state index in [0.29, 0.717) is 11.9 Å². The molecule has 0 saturated carbocycles. The predicted octanol–water partition coefficient (Wildman–Crippen LogP) is 3.99. The van der Waals surface area contributed by atoms with Crippen LogP contribution in [0.15, 0.2) is 18.2 Å². The third kappa shape index (κ3) is 2.99. The fourth-order valence-electron chi connectivity index (χ4n) is 2.78. The number of alkyl halides is 1. The van der Waals surface area contributed by atoms with Gasteiger partial charge in [0.05, 0.1) is 16.9 Å². The molecule has 1 heterocycles. The maximum atomic E-state index is 6.09. The lowest BCUT2D eigenvalue weighted by atomic mass is 10.2. The summed E-state index contributed by atoms with van der Waals surface area (Å²) in [5.41, 5.74) is 3.47. The standard InChI is InChI=1S/C16H24ClN3/c1-5-19(6-2)11-13(4)20-15-8-7-12(3)9-14(15)18-16(20)10-17/h7-9,13H,5-6,10-11H2,1-4H3. The number of halogens is 1. The van der Waals surface area contributed by atoms with E-state index in [4.69, 9.17) is 11.6 Å². The topological polar surface area (TPSA) is 21.1 Å². The van der Waals surface area contributed by atoms with Gasteiger partial charge in [-0.2, -0.15) is 0 Å². The molecular weight excluding hydrogens is 270 g/mol. The molecule has 0 aliphatic rings. The van der Waals surface area contributed by atoms with Crippen LogP contribution in [0.25, 0.3) is 11.0 Å². The van der Waals surface area contributed by atoms with Crippen molar-refractivity contribution < 1.29 is 0 Å². The number of benzene rings is 1. The fourth-order valence-corrected chi connectivity index (χ4v) is 2.97. The van der Waals surface area contributed by atoms with Crippen LogP contribution in [0.3, 0.4) is 0 Å². The van der Waals surface area contributed by atoms with E-state index in [-0.39, 0.29) is 0 Å². The van der Waals surface area contributed by atoms with Crippen molar-refractivity contribution in [2.75, 3.05) is 19.6 Å². The van der Waals surface area contributed by atoms with Crippen LogP contribution < -0.4 is 0 Å². The summed E-state index contributed by atoms with van der Waals surface area (Å²) in [6.07, 6.45) is 0. The molecule has 0 fully saturated rings. The summed E-state index contributed by atoms with van der Waals surface area (Å²) >= 11 is 6.09. The van der Waals surface area contributed by atoms with Gasteiger partial charge in [-0.05, 0) is 44.6 Å². The van der Waals surface area contributed by atoms with E-state index in [1.807, 2.05) is 0 Å². The van der Waals surface area contributed by atoms with Crippen molar-refractivity contribution in [3.63, 3.8) is 0 Å². The zero-order valence-corrected chi connectivity index (χ0v) is 13.6. The molecule has 0 saturated heterocycles. The predicted molar refractivity (Wildman–Crippen MR) is 86.5 cm³/mol. The van der Waals surface area contributed by atoms with Crippen LogP contribution in [0.1, 0.15) is 38.2 Å². The van der Waals surface area contributed by atoms with Crippen molar-refractivity contribution in [1.29, 1.82) is 0 Å². The van der Waals surface area contributed by atoms with Gasteiger partial charge in [0.25, 0.3) is 0 Å². The number of rotatable bonds is 6. The maximum Gasteiger partial charge on any atom is 0.125 e. The van der Waals surface area contributed by atoms with Gasteiger partial charge < -0.3 is 9.47 Å². The molecule has 2 rings (SSSR count). The first-order chi connectivity index (χ1) is 9.60. The lowest BCUT2D eigenvalue weighted by molar-refractivity contribution is 0.261. The Morgan fingerprint density at radius 1 is 1.30 bits per heavy atom. The minimum absolute atomic E-state index is 0.372. The number of hydrogen-bond donors (Lipinski definition) is 0. The highest BCUT2D eigenvalue weighted by Crippen LogP contribution is 2.24. The molecule has 0 aliphatic carbocycles. The summed E-state index contributed by atoms with van der Waals surface area (Å²) in [7, 11) is 0. The van der Waals surface area contributed by atoms with E-state index in [0.717, 1.165) is 31.0 Å². The molecule has 0 bridgehead atoms. The second-order valence-corrected chi connectivity index (χ2v) is 5.63. The van der Waals surface area contributed by atoms with Gasteiger partial charge in [0.1, 0.15) is 5.82 Å². The van der Waals surface area contributed by atoms with Crippen LogP contribution in [-0.4, -0.2) is 34.1 Å². The molecular formula is C16H24ClN3. The second-order valence-electron chi connectivity index (χ2n) is 5.36. The normalized spacial score (nSPS) is 13.3. The zero-order valence-electron chi connectivity index (χ0n) is 12.9. The molecule has 0 radical (unpaired) electrons. The van der Waals surface area contributed by atoms with E-state index < -0.39 is 0 Å². The number of imidazole rings is 1. The number of hydrogen-bond acceptors (Lipinski definition) is 2. The molecule has 1 aromatic carbocycles. The van der Waals surface area contributed by atoms with Crippen LogP contribution in [-0.2, 0) is 5.88 Å². The molecule has 1 atom stereocenters. The van der Waals surface area contributed by atoms with Gasteiger partial charge in [-0.3, -0.25) is 0 Å². The molecule has 3 nitrogen and oxygen atoms in total. The summed E-state index contributed by atoms with van der Waals surface area (Å²) in [6, 6.07) is 6.80. The van der Waals surface area contributed by atoms with Gasteiger partial charge in [-0.1, -0.05) is 19.9 Å². The summed E-state index contributed by atoms with van der Waals surface area (Å²) in [5.74, 6) is 1.42. The first-order valence-electron chi connectivity index (χ1n) is 7.36. The Morgan fingerprint density at radius 2 is 2.00 bits per heavy atom. The SMILES string of the molecule is CCN(CC)CC(C)n1c(CCl)nc2cc(C)ccc21. The number of aryl methyl sites for hydroxylation is 1. The Labute approximate surface area is 126 Å². The van der Waals surface area contributed by atoms with Crippen LogP contribution in [0.2, 0.25) is 0 Å². The molecule has 0 amide bonds. The minimum atomic E-state index is 0.372. The smallest absolute Gasteiger partial charge is 0.125 e. The van der Waals surface area contributed by atoms with E-state index in [9.17, 15) is 0 Å². The molecule has 20 heavy (non-hydrogen) atoms. The van der Waals surface area contributed by atoms with Crippen molar-refractivity contribution in [1.82, 2.24) is 14.5 Å². The Bertz CT molecular complexity index is 572. The number of aromatic nitrogens is 2. The Morgan fingerprint density at radius 3 is 2.60 bits per heavy atom. The van der Waals surface area contributed by atoms with Gasteiger partial charge in [0, 0.05) is 12.6 Å². The Balaban J connectivity index is 2.41. The number of nitrogens with zero attached hydrogens (tertiary/aromatic N) is 3. The lowest BCUT2D eigenvalue weighted by Gasteiger charge is -2.25. The molecule has 0 spiro atoms. The van der Waals surface area contributed by atoms with Crippen LogP contribution in [0.5, 0.6) is 0 Å². The molecule has 0 N–H and O–H groups in total. The van der Waals surface area contributed by atoms with E-state index in [2.05, 4.69) is 60.3 Å². The quantitative estimate of drug-likeness (QED) is 0.751. The first-order valence-corrected chi connectivity index (χ1v) is 7.89. The van der Waals surface area contributed by atoms with E-state index >= 15 is 0 Å². The molecule has 0 aliphatic heterocycles. The molecule has 1 unspecified atom stereocenters. The molecule has 4 heteroatoms. The van der Waals surface area contributed by atoms with Crippen molar-refractivity contribution >= 4 is 22.6 Å². The third-order valence-electron chi connectivity index (χ3n) is 3.90. The minimum Gasteiger partial charge on any atom is -0.323 e. The van der Waals surface area contributed by atoms with Crippen molar-refractivity contribution in [3.05, 3.63) is 29.6 Å². The van der Waals surface area contributed by atoms with Crippen LogP contribution >= 0.6 is 11.6 Å². The van der Waals surface area contributed by atoms with E-state index in [1.165, 1.54) is 11.1 Å². The average molecular weight is 294 g/mol. The lowest BCUT2D eigenvalue weighted by Crippen LogP contribution is -2.30. The molecule has 110 valence electrons. The Hall–Kier alpha value is -1.06. The van der Waals surface area contributed by atoms with Gasteiger partial charge in [-0.15, -0.1) is 11.6 Å². The summed E-state index contributed by atoms with van der Waals surface area (Å²) in [5, 5.41) is 0. The van der Waals surface area contributed by atoms with Gasteiger partial charge >= 0.3 is 0 Å². The maximum absolute atomic E-state index is 6.09. The highest BCUT2D eigenvalue weighted by Gasteiger charge is 2.17. The number of fused-ring (bicyclic) bond motifs is 1. The highest BCUT2D eigenvalue weighted by atomic mass is 35.5. The van der Waals surface area contributed by atoms with E-state index in [1.54, 1.807) is 0 Å². The van der Waals surface area contributed by atoms with Crippen molar-refractivity contribution in [2.45, 2.75) is 39.6 Å². The molecule has 2 aromatic rings. The third-order valence-corrected chi connectivity index (χ3v) is 4.13. The highest BCUT2D eigenvalue weighted by molar-refractivity contribution is 6.16. The van der Waals surface area contributed by atoms with Crippen LogP contribution in [0, 0.1) is 6.92 Å². The first kappa shape index (κ1) is 15.3.